The summed E-state index contributed by atoms with van der Waals surface area (Å²) in [6.07, 6.45) is 0.992. The normalized spacial score (nSPS) is 11.1. The molecule has 0 bridgehead atoms. The summed E-state index contributed by atoms with van der Waals surface area (Å²) in [6.45, 7) is 5.07. The molecule has 0 aliphatic rings. The van der Waals surface area contributed by atoms with Gasteiger partial charge in [-0.3, -0.25) is 0 Å². The van der Waals surface area contributed by atoms with Gasteiger partial charge in [0.2, 0.25) is 11.8 Å². The lowest BCUT2D eigenvalue weighted by molar-refractivity contribution is 0.528. The van der Waals surface area contributed by atoms with Crippen molar-refractivity contribution in [3.63, 3.8) is 0 Å². The van der Waals surface area contributed by atoms with E-state index in [1.807, 2.05) is 18.2 Å². The van der Waals surface area contributed by atoms with Crippen LogP contribution in [0.2, 0.25) is 5.02 Å². The summed E-state index contributed by atoms with van der Waals surface area (Å²) in [5.41, 5.74) is 3.11. The van der Waals surface area contributed by atoms with E-state index in [-0.39, 0.29) is 0 Å². The number of thioether (sulfide) groups is 1. The summed E-state index contributed by atoms with van der Waals surface area (Å²) in [7, 11) is 0. The number of hydrogen-bond donors (Lipinski definition) is 0. The van der Waals surface area contributed by atoms with Crippen LogP contribution in [0.15, 0.2) is 58.1 Å². The van der Waals surface area contributed by atoms with E-state index in [2.05, 4.69) is 57.0 Å². The molecule has 148 valence electrons. The number of rotatable bonds is 7. The highest BCUT2D eigenvalue weighted by Gasteiger charge is 2.16. The number of nitrogens with zero attached hydrogens (tertiary/aromatic N) is 5. The molecular weight excluding hydrogens is 406 g/mol. The Hall–Kier alpha value is -2.64. The molecule has 8 heteroatoms. The van der Waals surface area contributed by atoms with Crippen molar-refractivity contribution in [2.75, 3.05) is 0 Å². The number of aromatic nitrogens is 5. The summed E-state index contributed by atoms with van der Waals surface area (Å²) in [5.74, 6) is 2.43. The minimum absolute atomic E-state index is 0.479. The largest absolute Gasteiger partial charge is 0.420 e. The van der Waals surface area contributed by atoms with Crippen LogP contribution in [0.4, 0.5) is 0 Å². The van der Waals surface area contributed by atoms with Gasteiger partial charge in [-0.2, -0.15) is 0 Å². The van der Waals surface area contributed by atoms with Gasteiger partial charge in [0.25, 0.3) is 0 Å². The standard InChI is InChI=1S/C21H20ClN5OS/c1-3-11-27-19(16-6-4-5-14(2)12-16)24-26-21(27)29-13-18-23-25-20(28-18)15-7-9-17(22)10-8-15/h4-10,12H,3,11,13H2,1-2H3. The molecule has 0 aliphatic carbocycles. The van der Waals surface area contributed by atoms with Crippen LogP contribution in [-0.2, 0) is 12.3 Å². The van der Waals surface area contributed by atoms with Crippen molar-refractivity contribution >= 4 is 23.4 Å². The van der Waals surface area contributed by atoms with E-state index < -0.39 is 0 Å². The van der Waals surface area contributed by atoms with Crippen LogP contribution < -0.4 is 0 Å². The molecule has 29 heavy (non-hydrogen) atoms. The van der Waals surface area contributed by atoms with Crippen molar-refractivity contribution in [3.05, 3.63) is 65.0 Å². The van der Waals surface area contributed by atoms with Gasteiger partial charge < -0.3 is 8.98 Å². The first-order valence-electron chi connectivity index (χ1n) is 9.35. The number of benzene rings is 2. The topological polar surface area (TPSA) is 69.6 Å². The van der Waals surface area contributed by atoms with Crippen LogP contribution in [0.3, 0.4) is 0 Å². The maximum absolute atomic E-state index is 5.93. The molecule has 0 radical (unpaired) electrons. The number of hydrogen-bond acceptors (Lipinski definition) is 6. The zero-order valence-electron chi connectivity index (χ0n) is 16.2. The van der Waals surface area contributed by atoms with Crippen LogP contribution in [0, 0.1) is 6.92 Å². The quantitative estimate of drug-likeness (QED) is 0.356. The van der Waals surface area contributed by atoms with Crippen molar-refractivity contribution in [1.29, 1.82) is 0 Å². The van der Waals surface area contributed by atoms with Gasteiger partial charge in [0.1, 0.15) is 0 Å². The fourth-order valence-corrected chi connectivity index (χ4v) is 3.89. The highest BCUT2D eigenvalue weighted by Crippen LogP contribution is 2.28. The molecule has 0 saturated heterocycles. The summed E-state index contributed by atoms with van der Waals surface area (Å²) in [6, 6.07) is 15.6. The molecule has 2 aromatic carbocycles. The summed E-state index contributed by atoms with van der Waals surface area (Å²) >= 11 is 7.47. The summed E-state index contributed by atoms with van der Waals surface area (Å²) < 4.78 is 7.94. The number of halogens is 1. The van der Waals surface area contributed by atoms with Gasteiger partial charge in [0, 0.05) is 22.7 Å². The molecule has 0 fully saturated rings. The SMILES string of the molecule is CCCn1c(SCc2nnc(-c3ccc(Cl)cc3)o2)nnc1-c1cccc(C)c1. The molecule has 0 unspecified atom stereocenters. The first-order chi connectivity index (χ1) is 14.1. The predicted molar refractivity (Wildman–Crippen MR) is 115 cm³/mol. The highest BCUT2D eigenvalue weighted by molar-refractivity contribution is 7.98. The molecule has 0 atom stereocenters. The van der Waals surface area contributed by atoms with E-state index >= 15 is 0 Å². The Balaban J connectivity index is 1.52. The van der Waals surface area contributed by atoms with E-state index in [1.165, 1.54) is 5.56 Å². The lowest BCUT2D eigenvalue weighted by atomic mass is 10.1. The molecule has 4 rings (SSSR count). The lowest BCUT2D eigenvalue weighted by Crippen LogP contribution is -2.02. The fraction of sp³-hybridized carbons (Fsp3) is 0.238. The Kier molecular flexibility index (Phi) is 5.97. The third-order valence-electron chi connectivity index (χ3n) is 4.32. The van der Waals surface area contributed by atoms with Gasteiger partial charge >= 0.3 is 0 Å². The van der Waals surface area contributed by atoms with Crippen molar-refractivity contribution in [3.8, 4) is 22.8 Å². The third kappa shape index (κ3) is 4.52. The molecule has 0 N–H and O–H groups in total. The van der Waals surface area contributed by atoms with Gasteiger partial charge in [-0.05, 0) is 43.7 Å². The van der Waals surface area contributed by atoms with Gasteiger partial charge in [-0.25, -0.2) is 0 Å². The Morgan fingerprint density at radius 2 is 1.83 bits per heavy atom. The van der Waals surface area contributed by atoms with Gasteiger partial charge in [0.05, 0.1) is 5.75 Å². The van der Waals surface area contributed by atoms with E-state index in [1.54, 1.807) is 23.9 Å². The molecule has 0 saturated carbocycles. The fourth-order valence-electron chi connectivity index (χ4n) is 2.97. The second kappa shape index (κ2) is 8.80. The van der Waals surface area contributed by atoms with Crippen LogP contribution in [0.1, 0.15) is 24.8 Å². The van der Waals surface area contributed by atoms with E-state index in [9.17, 15) is 0 Å². The highest BCUT2D eigenvalue weighted by atomic mass is 35.5. The molecule has 0 aliphatic heterocycles. The van der Waals surface area contributed by atoms with Crippen LogP contribution in [0.25, 0.3) is 22.8 Å². The van der Waals surface area contributed by atoms with Crippen LogP contribution >= 0.6 is 23.4 Å². The van der Waals surface area contributed by atoms with Crippen molar-refractivity contribution in [2.24, 2.45) is 0 Å². The Morgan fingerprint density at radius 3 is 2.59 bits per heavy atom. The molecule has 0 amide bonds. The lowest BCUT2D eigenvalue weighted by Gasteiger charge is -2.08. The molecule has 2 heterocycles. The van der Waals surface area contributed by atoms with Gasteiger partial charge in [0.15, 0.2) is 11.0 Å². The maximum atomic E-state index is 5.93. The second-order valence-corrected chi connectivity index (χ2v) is 8.00. The summed E-state index contributed by atoms with van der Waals surface area (Å²) in [5, 5.41) is 18.6. The smallest absolute Gasteiger partial charge is 0.247 e. The first-order valence-corrected chi connectivity index (χ1v) is 10.7. The molecule has 6 nitrogen and oxygen atoms in total. The number of aryl methyl sites for hydroxylation is 1. The van der Waals surface area contributed by atoms with Gasteiger partial charge in [-0.1, -0.05) is 54.0 Å². The Bertz CT molecular complexity index is 1110. The summed E-state index contributed by atoms with van der Waals surface area (Å²) in [4.78, 5) is 0. The second-order valence-electron chi connectivity index (χ2n) is 6.62. The average Bonchev–Trinajstić information content (AvgIpc) is 3.35. The Labute approximate surface area is 178 Å². The minimum atomic E-state index is 0.479. The van der Waals surface area contributed by atoms with Crippen LogP contribution in [-0.4, -0.2) is 25.0 Å². The third-order valence-corrected chi connectivity index (χ3v) is 5.53. The minimum Gasteiger partial charge on any atom is -0.420 e. The van der Waals surface area contributed by atoms with Gasteiger partial charge in [-0.15, -0.1) is 20.4 Å². The zero-order valence-corrected chi connectivity index (χ0v) is 17.7. The molecular formula is C21H20ClN5OS. The van der Waals surface area contributed by atoms with Crippen molar-refractivity contribution in [2.45, 2.75) is 37.7 Å². The predicted octanol–water partition coefficient (Wildman–Crippen LogP) is 5.66. The molecule has 4 aromatic rings. The zero-order chi connectivity index (χ0) is 20.2. The average molecular weight is 426 g/mol. The van der Waals surface area contributed by atoms with E-state index in [4.69, 9.17) is 16.0 Å². The van der Waals surface area contributed by atoms with E-state index in [0.29, 0.717) is 22.6 Å². The maximum Gasteiger partial charge on any atom is 0.247 e. The van der Waals surface area contributed by atoms with Crippen molar-refractivity contribution < 1.29 is 4.42 Å². The molecule has 2 aromatic heterocycles. The first kappa shape index (κ1) is 19.7. The Morgan fingerprint density at radius 1 is 1.00 bits per heavy atom. The van der Waals surface area contributed by atoms with Crippen LogP contribution in [0.5, 0.6) is 0 Å². The van der Waals surface area contributed by atoms with E-state index in [0.717, 1.165) is 35.1 Å². The van der Waals surface area contributed by atoms with Crippen molar-refractivity contribution in [1.82, 2.24) is 25.0 Å². The molecule has 0 spiro atoms. The monoisotopic (exact) mass is 425 g/mol.